The molecule has 5 amide bonds. The van der Waals surface area contributed by atoms with Crippen molar-refractivity contribution in [1.29, 1.82) is 0 Å². The van der Waals surface area contributed by atoms with Gasteiger partial charge in [-0.25, -0.2) is 15.2 Å². The van der Waals surface area contributed by atoms with Crippen LogP contribution in [0.4, 0.5) is 0 Å². The molecule has 2 saturated heterocycles. The van der Waals surface area contributed by atoms with Crippen molar-refractivity contribution in [2.24, 2.45) is 16.9 Å². The Morgan fingerprint density at radius 2 is 1.85 bits per heavy atom. The highest BCUT2D eigenvalue weighted by Gasteiger charge is 2.42. The summed E-state index contributed by atoms with van der Waals surface area (Å²) in [6, 6.07) is -6.25. The highest BCUT2D eigenvalue weighted by Crippen LogP contribution is 2.21. The van der Waals surface area contributed by atoms with Crippen LogP contribution in [0.15, 0.2) is 5.10 Å². The Bertz CT molecular complexity index is 1240. The summed E-state index contributed by atoms with van der Waals surface area (Å²) in [6.07, 6.45) is 3.12. The molecule has 48 heavy (non-hydrogen) atoms. The van der Waals surface area contributed by atoms with Crippen LogP contribution in [0.2, 0.25) is 0 Å². The number of nitrogens with one attached hydrogen (secondary N) is 4. The normalized spacial score (nSPS) is 27.8. The van der Waals surface area contributed by atoms with E-state index in [9.17, 15) is 43.8 Å². The van der Waals surface area contributed by atoms with Crippen LogP contribution in [0.3, 0.4) is 0 Å². The number of ether oxygens (including phenoxy) is 1. The summed E-state index contributed by atoms with van der Waals surface area (Å²) < 4.78 is 5.43. The minimum atomic E-state index is -1.53. The van der Waals surface area contributed by atoms with E-state index in [4.69, 9.17) is 4.74 Å². The van der Waals surface area contributed by atoms with Crippen molar-refractivity contribution in [3.63, 3.8) is 0 Å². The Morgan fingerprint density at radius 1 is 1.12 bits per heavy atom. The smallest absolute Gasteiger partial charge is 0.330 e. The van der Waals surface area contributed by atoms with Gasteiger partial charge in [0.1, 0.15) is 36.8 Å². The van der Waals surface area contributed by atoms with E-state index >= 15 is 0 Å². The Hall–Kier alpha value is -4.12. The maximum Gasteiger partial charge on any atom is 0.330 e. The maximum atomic E-state index is 13.7. The van der Waals surface area contributed by atoms with E-state index in [0.29, 0.717) is 12.8 Å². The Balaban J connectivity index is 1.86. The van der Waals surface area contributed by atoms with E-state index in [0.717, 1.165) is 22.9 Å². The molecule has 3 aliphatic heterocycles. The zero-order chi connectivity index (χ0) is 35.5. The van der Waals surface area contributed by atoms with Crippen molar-refractivity contribution >= 4 is 47.7 Å². The van der Waals surface area contributed by atoms with Crippen LogP contribution in [0.5, 0.6) is 0 Å². The number of hydrazone groups is 1. The number of carbonyl (C=O) groups is 7. The number of aliphatic hydroxyl groups is 1. The highest BCUT2D eigenvalue weighted by atomic mass is 16.5. The van der Waals surface area contributed by atoms with E-state index in [1.807, 2.05) is 20.8 Å². The van der Waals surface area contributed by atoms with E-state index in [2.05, 4.69) is 26.5 Å². The molecule has 6 N–H and O–H groups in total. The molecule has 0 aliphatic carbocycles. The monoisotopic (exact) mass is 679 g/mol. The number of amides is 5. The number of esters is 1. The first-order chi connectivity index (χ1) is 22.7. The second-order valence-corrected chi connectivity index (χ2v) is 13.0. The van der Waals surface area contributed by atoms with Crippen LogP contribution in [0.1, 0.15) is 85.5 Å². The van der Waals surface area contributed by atoms with Gasteiger partial charge in [0.15, 0.2) is 0 Å². The molecular weight excluding hydrogens is 630 g/mol. The molecule has 7 unspecified atom stereocenters. The molecule has 0 radical (unpaired) electrons. The lowest BCUT2D eigenvalue weighted by Gasteiger charge is -2.38. The number of hydrazine groups is 1. The lowest BCUT2D eigenvalue weighted by Crippen LogP contribution is -2.64. The number of unbranched alkanes of at least 4 members (excludes halogenated alkanes) is 2. The number of hydrogen-bond donors (Lipinski definition) is 6. The number of fused-ring (bicyclic) bond motifs is 1. The molecule has 268 valence electrons. The van der Waals surface area contributed by atoms with E-state index in [1.54, 1.807) is 0 Å². The highest BCUT2D eigenvalue weighted by molar-refractivity contribution is 5.97. The number of hydrogen-bond acceptors (Lipinski definition) is 11. The van der Waals surface area contributed by atoms with Crippen molar-refractivity contribution in [3.05, 3.63) is 0 Å². The first-order valence-electron chi connectivity index (χ1n) is 16.6. The average Bonchev–Trinajstić information content (AvgIpc) is 3.04. The summed E-state index contributed by atoms with van der Waals surface area (Å²) in [7, 11) is 0. The molecule has 0 aromatic rings. The molecule has 0 aromatic carbocycles. The van der Waals surface area contributed by atoms with Crippen LogP contribution in [0.25, 0.3) is 0 Å². The SMILES string of the molecule is CCCCCC(CC(=O)N1N=CCCC1C(=O)NC1COC(=O)C2CC(O)CNN2C(=O)C(C)NC(=O)C(CC(C)C)NC1=O)C(=O)O. The molecule has 3 rings (SSSR count). The van der Waals surface area contributed by atoms with Crippen molar-refractivity contribution < 1.29 is 48.5 Å². The summed E-state index contributed by atoms with van der Waals surface area (Å²) in [5.74, 6) is -6.76. The number of rotatable bonds is 11. The molecule has 17 nitrogen and oxygen atoms in total. The van der Waals surface area contributed by atoms with Crippen LogP contribution in [-0.4, -0.2) is 117 Å². The van der Waals surface area contributed by atoms with Crippen LogP contribution >= 0.6 is 0 Å². The molecule has 2 fully saturated rings. The predicted molar refractivity (Wildman–Crippen MR) is 169 cm³/mol. The Labute approximate surface area is 279 Å². The Morgan fingerprint density at radius 3 is 2.52 bits per heavy atom. The minimum absolute atomic E-state index is 0.0318. The summed E-state index contributed by atoms with van der Waals surface area (Å²) in [4.78, 5) is 92.2. The van der Waals surface area contributed by atoms with Crippen molar-refractivity contribution in [3.8, 4) is 0 Å². The van der Waals surface area contributed by atoms with Crippen molar-refractivity contribution in [2.75, 3.05) is 13.2 Å². The quantitative estimate of drug-likeness (QED) is 0.117. The number of cyclic esters (lactones) is 1. The topological polar surface area (TPSA) is 236 Å². The second-order valence-electron chi connectivity index (χ2n) is 13.0. The first-order valence-corrected chi connectivity index (χ1v) is 16.6. The summed E-state index contributed by atoms with van der Waals surface area (Å²) >= 11 is 0. The van der Waals surface area contributed by atoms with Crippen LogP contribution < -0.4 is 21.4 Å². The van der Waals surface area contributed by atoms with Crippen molar-refractivity contribution in [2.45, 2.75) is 122 Å². The van der Waals surface area contributed by atoms with Gasteiger partial charge in [0.05, 0.1) is 12.0 Å². The number of carboxylic acids is 1. The second kappa shape index (κ2) is 17.9. The van der Waals surface area contributed by atoms with Crippen molar-refractivity contribution in [1.82, 2.24) is 31.4 Å². The van der Waals surface area contributed by atoms with Crippen LogP contribution in [0, 0.1) is 11.8 Å². The van der Waals surface area contributed by atoms with Gasteiger partial charge < -0.3 is 30.9 Å². The molecule has 17 heteroatoms. The zero-order valence-corrected chi connectivity index (χ0v) is 28.0. The molecular formula is C31H49N7O10. The third kappa shape index (κ3) is 10.4. The first kappa shape index (κ1) is 38.3. The zero-order valence-electron chi connectivity index (χ0n) is 28.0. The third-order valence-corrected chi connectivity index (χ3v) is 8.46. The standard InChI is InChI=1S/C31H49N7O10/c1-5-6-7-9-19(30(45)46)13-25(40)37-23(10-8-11-32-37)28(43)36-22-16-48-31(47)24-14-20(39)15-33-38(24)29(44)18(4)34-26(41)21(12-17(2)3)35-27(22)42/h11,17-24,33,39H,5-10,12-16H2,1-4H3,(H,34,41)(H,35,42)(H,36,43)(H,45,46). The average molecular weight is 680 g/mol. The molecule has 7 atom stereocenters. The molecule has 0 aromatic heterocycles. The lowest BCUT2D eigenvalue weighted by atomic mass is 9.97. The Kier molecular flexibility index (Phi) is 14.3. The fraction of sp³-hybridized carbons (Fsp3) is 0.742. The molecule has 0 spiro atoms. The molecule has 0 bridgehead atoms. The summed E-state index contributed by atoms with van der Waals surface area (Å²) in [6.45, 7) is 6.34. The number of nitrogens with zero attached hydrogens (tertiary/aromatic N) is 3. The summed E-state index contributed by atoms with van der Waals surface area (Å²) in [5, 5.41) is 33.6. The van der Waals surface area contributed by atoms with Gasteiger partial charge in [0.25, 0.3) is 5.91 Å². The fourth-order valence-corrected chi connectivity index (χ4v) is 5.78. The van der Waals surface area contributed by atoms with Gasteiger partial charge in [-0.3, -0.25) is 33.8 Å². The van der Waals surface area contributed by atoms with Gasteiger partial charge in [-0.05, 0) is 38.5 Å². The van der Waals surface area contributed by atoms with Gasteiger partial charge >= 0.3 is 11.9 Å². The van der Waals surface area contributed by atoms with Gasteiger partial charge in [-0.15, -0.1) is 0 Å². The largest absolute Gasteiger partial charge is 0.481 e. The third-order valence-electron chi connectivity index (χ3n) is 8.46. The van der Waals surface area contributed by atoms with Crippen LogP contribution in [-0.2, 0) is 38.3 Å². The number of carboxylic acid groups (broad SMARTS) is 1. The maximum absolute atomic E-state index is 13.7. The lowest BCUT2D eigenvalue weighted by molar-refractivity contribution is -0.165. The fourth-order valence-electron chi connectivity index (χ4n) is 5.78. The molecule has 3 heterocycles. The van der Waals surface area contributed by atoms with Gasteiger partial charge in [-0.1, -0.05) is 40.0 Å². The number of β-amino-alcohol motifs (C(OH)–C–C–N with tert-alkyl or cyclic N) is 1. The predicted octanol–water partition coefficient (Wildman–Crippen LogP) is -0.822. The minimum Gasteiger partial charge on any atom is -0.481 e. The number of carbonyl (C=O) groups excluding carboxylic acids is 6. The molecule has 3 aliphatic rings. The number of aliphatic carboxylic acids is 1. The van der Waals surface area contributed by atoms with Gasteiger partial charge in [0, 0.05) is 25.6 Å². The van der Waals surface area contributed by atoms with E-state index in [-0.39, 0.29) is 44.6 Å². The van der Waals surface area contributed by atoms with E-state index in [1.165, 1.54) is 13.1 Å². The number of aliphatic hydroxyl groups excluding tert-OH is 1. The van der Waals surface area contributed by atoms with Gasteiger partial charge in [-0.2, -0.15) is 5.10 Å². The van der Waals surface area contributed by atoms with E-state index < -0.39 is 90.3 Å². The van der Waals surface area contributed by atoms with Gasteiger partial charge in [0.2, 0.25) is 23.6 Å². The summed E-state index contributed by atoms with van der Waals surface area (Å²) in [5.41, 5.74) is 2.69. The molecule has 0 saturated carbocycles.